The van der Waals surface area contributed by atoms with Crippen molar-refractivity contribution in [2.45, 2.75) is 30.7 Å². The van der Waals surface area contributed by atoms with Gasteiger partial charge in [0.25, 0.3) is 0 Å². The maximum Gasteiger partial charge on any atom is 0.155 e. The zero-order chi connectivity index (χ0) is 14.0. The molecule has 1 aromatic heterocycles. The second kappa shape index (κ2) is 5.72. The molecule has 0 atom stereocenters. The Kier molecular flexibility index (Phi) is 4.22. The van der Waals surface area contributed by atoms with Crippen LogP contribution in [0.5, 0.6) is 0 Å². The van der Waals surface area contributed by atoms with Crippen molar-refractivity contribution in [2.24, 2.45) is 0 Å². The van der Waals surface area contributed by atoms with Crippen molar-refractivity contribution in [1.82, 2.24) is 9.97 Å². The molecule has 0 aliphatic carbocycles. The van der Waals surface area contributed by atoms with E-state index in [9.17, 15) is 4.79 Å². The van der Waals surface area contributed by atoms with E-state index >= 15 is 0 Å². The highest BCUT2D eigenvalue weighted by Gasteiger charge is 2.13. The summed E-state index contributed by atoms with van der Waals surface area (Å²) in [6.07, 6.45) is 0.702. The summed E-state index contributed by atoms with van der Waals surface area (Å²) in [7, 11) is 0. The molecule has 5 heteroatoms. The molecule has 98 valence electrons. The van der Waals surface area contributed by atoms with Gasteiger partial charge < -0.3 is 0 Å². The summed E-state index contributed by atoms with van der Waals surface area (Å²) >= 11 is 7.41. The topological polar surface area (TPSA) is 42.9 Å². The summed E-state index contributed by atoms with van der Waals surface area (Å²) in [4.78, 5) is 20.5. The van der Waals surface area contributed by atoms with Gasteiger partial charge in [-0.25, -0.2) is 9.97 Å². The Morgan fingerprint density at radius 1 is 1.21 bits per heavy atom. The first-order valence-corrected chi connectivity index (χ1v) is 6.95. The van der Waals surface area contributed by atoms with Crippen LogP contribution in [0.25, 0.3) is 0 Å². The molecule has 2 rings (SSSR count). The Morgan fingerprint density at radius 2 is 1.95 bits per heavy atom. The average molecular weight is 293 g/mol. The Balaban J connectivity index is 2.45. The van der Waals surface area contributed by atoms with Crippen LogP contribution in [0.4, 0.5) is 0 Å². The van der Waals surface area contributed by atoms with Crippen molar-refractivity contribution in [3.63, 3.8) is 0 Å². The molecule has 1 heterocycles. The van der Waals surface area contributed by atoms with Gasteiger partial charge >= 0.3 is 0 Å². The third-order valence-corrected chi connectivity index (χ3v) is 4.10. The van der Waals surface area contributed by atoms with Gasteiger partial charge in [0.1, 0.15) is 16.0 Å². The van der Waals surface area contributed by atoms with E-state index in [4.69, 9.17) is 11.6 Å². The molecule has 0 amide bonds. The highest BCUT2D eigenvalue weighted by Crippen LogP contribution is 2.33. The van der Waals surface area contributed by atoms with Crippen LogP contribution in [0, 0.1) is 20.8 Å². The van der Waals surface area contributed by atoms with Crippen LogP contribution in [-0.4, -0.2) is 16.3 Å². The fourth-order valence-electron chi connectivity index (χ4n) is 1.72. The number of hydrogen-bond donors (Lipinski definition) is 0. The van der Waals surface area contributed by atoms with E-state index in [1.165, 1.54) is 17.3 Å². The minimum atomic E-state index is 0.203. The third-order valence-electron chi connectivity index (χ3n) is 2.63. The number of halogens is 1. The van der Waals surface area contributed by atoms with E-state index in [1.54, 1.807) is 6.92 Å². The fourth-order valence-corrected chi connectivity index (χ4v) is 3.03. The summed E-state index contributed by atoms with van der Waals surface area (Å²) < 4.78 is 0. The van der Waals surface area contributed by atoms with Crippen LogP contribution in [0.1, 0.15) is 27.3 Å². The minimum Gasteiger partial charge on any atom is -0.298 e. The van der Waals surface area contributed by atoms with Gasteiger partial charge in [0, 0.05) is 4.90 Å². The molecule has 0 unspecified atom stereocenters. The molecule has 19 heavy (non-hydrogen) atoms. The van der Waals surface area contributed by atoms with E-state index in [-0.39, 0.29) is 5.15 Å². The SMILES string of the molecule is Cc1ccc(Sc2nc(C)nc(Cl)c2C=O)c(C)c1. The first-order chi connectivity index (χ1) is 9.01. The standard InChI is InChI=1S/C14H13ClN2OS/c1-8-4-5-12(9(2)6-8)19-14-11(7-18)13(15)16-10(3)17-14/h4-7H,1-3H3. The molecule has 0 saturated carbocycles. The Bertz CT molecular complexity index is 644. The van der Waals surface area contributed by atoms with Crippen LogP contribution < -0.4 is 0 Å². The quantitative estimate of drug-likeness (QED) is 0.633. The number of aldehydes is 1. The molecule has 0 aliphatic heterocycles. The highest BCUT2D eigenvalue weighted by molar-refractivity contribution is 7.99. The van der Waals surface area contributed by atoms with Gasteiger partial charge in [-0.2, -0.15) is 0 Å². The highest BCUT2D eigenvalue weighted by atomic mass is 35.5. The first kappa shape index (κ1) is 14.0. The van der Waals surface area contributed by atoms with Crippen molar-refractivity contribution in [3.8, 4) is 0 Å². The second-order valence-corrected chi connectivity index (χ2v) is 5.66. The fraction of sp³-hybridized carbons (Fsp3) is 0.214. The van der Waals surface area contributed by atoms with Gasteiger partial charge in [-0.1, -0.05) is 41.1 Å². The van der Waals surface area contributed by atoms with Crippen LogP contribution in [0.3, 0.4) is 0 Å². The molecule has 0 N–H and O–H groups in total. The number of carbonyl (C=O) groups is 1. The molecule has 0 spiro atoms. The molecule has 0 bridgehead atoms. The number of aromatic nitrogens is 2. The molecule has 0 radical (unpaired) electrons. The molecule has 0 fully saturated rings. The van der Waals surface area contributed by atoms with Crippen LogP contribution in [0.2, 0.25) is 5.15 Å². The molecule has 0 aliphatic rings. The first-order valence-electron chi connectivity index (χ1n) is 5.75. The summed E-state index contributed by atoms with van der Waals surface area (Å²) in [6.45, 7) is 5.84. The molecule has 3 nitrogen and oxygen atoms in total. The Hall–Kier alpha value is -1.39. The zero-order valence-corrected chi connectivity index (χ0v) is 12.5. The van der Waals surface area contributed by atoms with Crippen molar-refractivity contribution in [3.05, 3.63) is 45.9 Å². The average Bonchev–Trinajstić information content (AvgIpc) is 2.32. The van der Waals surface area contributed by atoms with Gasteiger partial charge in [-0.15, -0.1) is 0 Å². The monoisotopic (exact) mass is 292 g/mol. The number of nitrogens with zero attached hydrogens (tertiary/aromatic N) is 2. The number of carbonyl (C=O) groups excluding carboxylic acids is 1. The van der Waals surface area contributed by atoms with Crippen molar-refractivity contribution < 1.29 is 4.79 Å². The van der Waals surface area contributed by atoms with Crippen molar-refractivity contribution in [1.29, 1.82) is 0 Å². The van der Waals surface area contributed by atoms with Crippen LogP contribution in [0.15, 0.2) is 28.1 Å². The number of rotatable bonds is 3. The number of aryl methyl sites for hydroxylation is 3. The maximum absolute atomic E-state index is 11.1. The van der Waals surface area contributed by atoms with Gasteiger partial charge in [0.15, 0.2) is 6.29 Å². The zero-order valence-electron chi connectivity index (χ0n) is 10.9. The second-order valence-electron chi connectivity index (χ2n) is 4.27. The molecular formula is C14H13ClN2OS. The predicted octanol–water partition coefficient (Wildman–Crippen LogP) is 4.02. The number of hydrogen-bond acceptors (Lipinski definition) is 4. The summed E-state index contributed by atoms with van der Waals surface area (Å²) in [5.74, 6) is 0.558. The lowest BCUT2D eigenvalue weighted by molar-refractivity contribution is 0.112. The van der Waals surface area contributed by atoms with Gasteiger partial charge in [-0.3, -0.25) is 4.79 Å². The number of benzene rings is 1. The van der Waals surface area contributed by atoms with Crippen molar-refractivity contribution in [2.75, 3.05) is 0 Å². The van der Waals surface area contributed by atoms with E-state index in [2.05, 4.69) is 16.0 Å². The molecule has 0 saturated heterocycles. The smallest absolute Gasteiger partial charge is 0.155 e. The Labute approximate surface area is 121 Å². The summed E-state index contributed by atoms with van der Waals surface area (Å²) in [6, 6.07) is 6.15. The predicted molar refractivity (Wildman–Crippen MR) is 77.2 cm³/mol. The molecule has 2 aromatic rings. The van der Waals surface area contributed by atoms with Gasteiger partial charge in [0.05, 0.1) is 5.56 Å². The molecular weight excluding hydrogens is 280 g/mol. The summed E-state index contributed by atoms with van der Waals surface area (Å²) in [5, 5.41) is 0.800. The Morgan fingerprint density at radius 3 is 2.58 bits per heavy atom. The largest absolute Gasteiger partial charge is 0.298 e. The third kappa shape index (κ3) is 3.14. The maximum atomic E-state index is 11.1. The lowest BCUT2D eigenvalue weighted by atomic mass is 10.2. The van der Waals surface area contributed by atoms with E-state index in [0.717, 1.165) is 10.5 Å². The molecule has 1 aromatic carbocycles. The normalized spacial score (nSPS) is 10.5. The van der Waals surface area contributed by atoms with Gasteiger partial charge in [-0.05, 0) is 32.4 Å². The van der Waals surface area contributed by atoms with Crippen LogP contribution >= 0.6 is 23.4 Å². The summed E-state index contributed by atoms with van der Waals surface area (Å²) in [5.41, 5.74) is 2.70. The van der Waals surface area contributed by atoms with Crippen LogP contribution in [-0.2, 0) is 0 Å². The lowest BCUT2D eigenvalue weighted by Crippen LogP contribution is -1.98. The van der Waals surface area contributed by atoms with Crippen molar-refractivity contribution >= 4 is 29.6 Å². The lowest BCUT2D eigenvalue weighted by Gasteiger charge is -2.09. The van der Waals surface area contributed by atoms with E-state index < -0.39 is 0 Å². The van der Waals surface area contributed by atoms with Gasteiger partial charge in [0.2, 0.25) is 0 Å². The van der Waals surface area contributed by atoms with E-state index in [0.29, 0.717) is 22.7 Å². The van der Waals surface area contributed by atoms with E-state index in [1.807, 2.05) is 26.0 Å². The minimum absolute atomic E-state index is 0.203.